The Hall–Kier alpha value is -3.22. The van der Waals surface area contributed by atoms with Gasteiger partial charge in [-0.2, -0.15) is 0 Å². The maximum Gasteiger partial charge on any atom is 0.320 e. The van der Waals surface area contributed by atoms with Gasteiger partial charge in [0.1, 0.15) is 18.4 Å². The Morgan fingerprint density at radius 1 is 1.03 bits per heavy atom. The molecule has 2 atom stereocenters. The van der Waals surface area contributed by atoms with Crippen LogP contribution in [-0.4, -0.2) is 42.3 Å². The van der Waals surface area contributed by atoms with Gasteiger partial charge in [-0.25, -0.2) is 0 Å². The number of carboxylic acid groups (broad SMARTS) is 1. The van der Waals surface area contributed by atoms with E-state index in [1.165, 1.54) is 0 Å². The Morgan fingerprint density at radius 2 is 1.81 bits per heavy atom. The summed E-state index contributed by atoms with van der Waals surface area (Å²) < 4.78 is 17.8. The number of likely N-dealkylation sites (tertiary alicyclic amines) is 1. The molecule has 1 aliphatic heterocycles. The average Bonchev–Trinajstić information content (AvgIpc) is 2.89. The number of methoxy groups -OCH3 is 1. The lowest BCUT2D eigenvalue weighted by atomic mass is 9.91. The fourth-order valence-electron chi connectivity index (χ4n) is 4.81. The summed E-state index contributed by atoms with van der Waals surface area (Å²) in [7, 11) is 1.61. The van der Waals surface area contributed by atoms with Crippen molar-refractivity contribution in [1.29, 1.82) is 0 Å². The van der Waals surface area contributed by atoms with Crippen molar-refractivity contribution in [3.05, 3.63) is 88.4 Å². The Labute approximate surface area is 217 Å². The highest BCUT2D eigenvalue weighted by atomic mass is 35.5. The molecule has 4 rings (SSSR count). The summed E-state index contributed by atoms with van der Waals surface area (Å²) in [5, 5.41) is 10.6. The fourth-order valence-corrected chi connectivity index (χ4v) is 4.99. The molecule has 36 heavy (non-hydrogen) atoms. The summed E-state index contributed by atoms with van der Waals surface area (Å²) in [4.78, 5) is 14.3. The largest absolute Gasteiger partial charge is 0.496 e. The third-order valence-corrected chi connectivity index (χ3v) is 6.70. The second-order valence-corrected chi connectivity index (χ2v) is 9.23. The van der Waals surface area contributed by atoms with Crippen molar-refractivity contribution in [2.75, 3.05) is 20.3 Å². The van der Waals surface area contributed by atoms with Crippen LogP contribution in [0.1, 0.15) is 48.9 Å². The predicted octanol–water partition coefficient (Wildman–Crippen LogP) is 6.35. The molecule has 1 aliphatic rings. The van der Waals surface area contributed by atoms with Crippen molar-refractivity contribution in [2.24, 2.45) is 0 Å². The number of aliphatic carboxylic acids is 1. The zero-order valence-electron chi connectivity index (χ0n) is 20.7. The van der Waals surface area contributed by atoms with Crippen molar-refractivity contribution >= 4 is 17.6 Å². The first-order chi connectivity index (χ1) is 17.5. The molecule has 0 aliphatic carbocycles. The molecule has 0 aromatic heterocycles. The lowest BCUT2D eigenvalue weighted by Gasteiger charge is -2.40. The standard InChI is InChI=1S/C29H32ClNO5/c1-3-35-27-17-21(12-14-26(27)36-19-20-9-5-4-6-10-20)28(23-18-22(30)13-15-25(23)34-2)31-16-8-7-11-24(31)29(32)33/h4-6,9-10,12-15,17-18,24,28H,3,7-8,11,16,19H2,1-2H3,(H,32,33). The van der Waals surface area contributed by atoms with Crippen molar-refractivity contribution < 1.29 is 24.1 Å². The SMILES string of the molecule is CCOc1cc(C(c2cc(Cl)ccc2OC)N2CCCCC2C(=O)O)ccc1OCc1ccccc1. The Balaban J connectivity index is 1.77. The van der Waals surface area contributed by atoms with E-state index in [-0.39, 0.29) is 6.04 Å². The van der Waals surface area contributed by atoms with E-state index >= 15 is 0 Å². The van der Waals surface area contributed by atoms with Gasteiger partial charge in [0, 0.05) is 10.6 Å². The van der Waals surface area contributed by atoms with E-state index in [2.05, 4.69) is 0 Å². The molecule has 2 unspecified atom stereocenters. The van der Waals surface area contributed by atoms with E-state index in [0.717, 1.165) is 29.5 Å². The number of piperidine rings is 1. The van der Waals surface area contributed by atoms with Crippen LogP contribution in [0.15, 0.2) is 66.7 Å². The van der Waals surface area contributed by atoms with Crippen LogP contribution < -0.4 is 14.2 Å². The molecule has 0 saturated carbocycles. The van der Waals surface area contributed by atoms with E-state index in [1.54, 1.807) is 13.2 Å². The van der Waals surface area contributed by atoms with Crippen molar-refractivity contribution in [2.45, 2.75) is 44.9 Å². The molecule has 0 amide bonds. The number of hydrogen-bond donors (Lipinski definition) is 1. The number of rotatable bonds is 10. The molecule has 3 aromatic carbocycles. The normalized spacial score (nSPS) is 16.8. The summed E-state index contributed by atoms with van der Waals surface area (Å²) in [6, 6.07) is 20.2. The molecule has 1 saturated heterocycles. The van der Waals surface area contributed by atoms with Gasteiger partial charge in [0.15, 0.2) is 11.5 Å². The second-order valence-electron chi connectivity index (χ2n) is 8.79. The van der Waals surface area contributed by atoms with Gasteiger partial charge in [-0.05, 0) is 67.8 Å². The zero-order chi connectivity index (χ0) is 25.5. The van der Waals surface area contributed by atoms with Crippen LogP contribution >= 0.6 is 11.6 Å². The highest BCUT2D eigenvalue weighted by Gasteiger charge is 2.36. The van der Waals surface area contributed by atoms with Gasteiger partial charge in [-0.3, -0.25) is 9.69 Å². The van der Waals surface area contributed by atoms with Crippen LogP contribution in [0.25, 0.3) is 0 Å². The molecule has 0 radical (unpaired) electrons. The van der Waals surface area contributed by atoms with Crippen LogP contribution in [-0.2, 0) is 11.4 Å². The molecular weight excluding hydrogens is 478 g/mol. The molecule has 3 aromatic rings. The minimum Gasteiger partial charge on any atom is -0.496 e. The summed E-state index contributed by atoms with van der Waals surface area (Å²) in [6.07, 6.45) is 2.38. The fraction of sp³-hybridized carbons (Fsp3) is 0.345. The molecule has 1 fully saturated rings. The van der Waals surface area contributed by atoms with E-state index < -0.39 is 12.0 Å². The van der Waals surface area contributed by atoms with Gasteiger partial charge >= 0.3 is 5.97 Å². The maximum absolute atomic E-state index is 12.3. The maximum atomic E-state index is 12.3. The third-order valence-electron chi connectivity index (χ3n) is 6.47. The van der Waals surface area contributed by atoms with E-state index in [0.29, 0.717) is 48.5 Å². The highest BCUT2D eigenvalue weighted by Crippen LogP contribution is 2.42. The first-order valence-electron chi connectivity index (χ1n) is 12.3. The van der Waals surface area contributed by atoms with Gasteiger partial charge in [-0.15, -0.1) is 0 Å². The van der Waals surface area contributed by atoms with Gasteiger partial charge in [0.05, 0.1) is 19.8 Å². The summed E-state index contributed by atoms with van der Waals surface area (Å²) in [5.41, 5.74) is 2.76. The second kappa shape index (κ2) is 12.2. The molecule has 190 valence electrons. The molecular formula is C29H32ClNO5. The van der Waals surface area contributed by atoms with Crippen molar-refractivity contribution in [3.8, 4) is 17.2 Å². The number of hydrogen-bond acceptors (Lipinski definition) is 5. The lowest BCUT2D eigenvalue weighted by Crippen LogP contribution is -2.46. The minimum atomic E-state index is -0.825. The van der Waals surface area contributed by atoms with Crippen LogP contribution in [0, 0.1) is 0 Å². The number of carbonyl (C=O) groups is 1. The quantitative estimate of drug-likeness (QED) is 0.343. The van der Waals surface area contributed by atoms with E-state index in [9.17, 15) is 9.90 Å². The number of carboxylic acids is 1. The number of halogens is 1. The Morgan fingerprint density at radius 3 is 2.53 bits per heavy atom. The monoisotopic (exact) mass is 509 g/mol. The summed E-state index contributed by atoms with van der Waals surface area (Å²) >= 11 is 6.41. The lowest BCUT2D eigenvalue weighted by molar-refractivity contribution is -0.145. The Kier molecular flexibility index (Phi) is 8.73. The van der Waals surface area contributed by atoms with E-state index in [4.69, 9.17) is 25.8 Å². The van der Waals surface area contributed by atoms with Crippen LogP contribution in [0.5, 0.6) is 17.2 Å². The van der Waals surface area contributed by atoms with Crippen LogP contribution in [0.2, 0.25) is 5.02 Å². The first-order valence-corrected chi connectivity index (χ1v) is 12.6. The summed E-state index contributed by atoms with van der Waals surface area (Å²) in [6.45, 7) is 3.46. The van der Waals surface area contributed by atoms with Crippen LogP contribution in [0.3, 0.4) is 0 Å². The van der Waals surface area contributed by atoms with Gasteiger partial charge in [0.2, 0.25) is 0 Å². The number of nitrogens with zero attached hydrogens (tertiary/aromatic N) is 1. The van der Waals surface area contributed by atoms with Gasteiger partial charge < -0.3 is 19.3 Å². The smallest absolute Gasteiger partial charge is 0.320 e. The minimum absolute atomic E-state index is 0.387. The van der Waals surface area contributed by atoms with E-state index in [1.807, 2.05) is 72.5 Å². The van der Waals surface area contributed by atoms with Gasteiger partial charge in [-0.1, -0.05) is 54.4 Å². The van der Waals surface area contributed by atoms with Crippen LogP contribution in [0.4, 0.5) is 0 Å². The van der Waals surface area contributed by atoms with Gasteiger partial charge in [0.25, 0.3) is 0 Å². The Bertz CT molecular complexity index is 1170. The average molecular weight is 510 g/mol. The topological polar surface area (TPSA) is 68.2 Å². The third kappa shape index (κ3) is 5.94. The van der Waals surface area contributed by atoms with Crippen molar-refractivity contribution in [3.63, 3.8) is 0 Å². The highest BCUT2D eigenvalue weighted by molar-refractivity contribution is 6.30. The zero-order valence-corrected chi connectivity index (χ0v) is 21.4. The molecule has 0 spiro atoms. The molecule has 1 N–H and O–H groups in total. The predicted molar refractivity (Wildman–Crippen MR) is 140 cm³/mol. The number of ether oxygens (including phenoxy) is 3. The molecule has 6 nitrogen and oxygen atoms in total. The molecule has 1 heterocycles. The number of benzene rings is 3. The first kappa shape index (κ1) is 25.9. The molecule has 7 heteroatoms. The summed E-state index contributed by atoms with van der Waals surface area (Å²) in [5.74, 6) is 1.07. The molecule has 0 bridgehead atoms. The van der Waals surface area contributed by atoms with Crippen molar-refractivity contribution in [1.82, 2.24) is 4.90 Å².